The number of nitriles is 1. The Morgan fingerprint density at radius 2 is 2.06 bits per heavy atom. The quantitative estimate of drug-likeness (QED) is 0.569. The number of fused-ring (bicyclic) bond motifs is 2. The second-order valence-electron chi connectivity index (χ2n) is 10.2. The number of ether oxygens (including phenoxy) is 1. The standard InChI is InChI=1S/C27H34N8O/c1-32-13-3-7-22(32)19-36-27-30-24-18-33(25-8-2-5-21-6-4-14-35(21)25)15-10-23(24)26(31-27)34-16-12-29-20(17-34)9-11-28/h2,4-6,8,14,20,22,29H,3,7,9-10,12-13,15-19H2,1H3/t20-,22?/m0/s1. The van der Waals surface area contributed by atoms with Crippen LogP contribution in [-0.4, -0.2) is 77.7 Å². The Hall–Kier alpha value is -3.35. The van der Waals surface area contributed by atoms with Crippen molar-refractivity contribution < 1.29 is 4.74 Å². The summed E-state index contributed by atoms with van der Waals surface area (Å²) in [6, 6.07) is 14.0. The van der Waals surface area contributed by atoms with Gasteiger partial charge >= 0.3 is 6.01 Å². The highest BCUT2D eigenvalue weighted by Gasteiger charge is 2.30. The van der Waals surface area contributed by atoms with E-state index in [4.69, 9.17) is 14.7 Å². The van der Waals surface area contributed by atoms with Gasteiger partial charge in [-0.25, -0.2) is 0 Å². The Morgan fingerprint density at radius 1 is 1.14 bits per heavy atom. The van der Waals surface area contributed by atoms with Crippen molar-refractivity contribution in [3.8, 4) is 12.1 Å². The van der Waals surface area contributed by atoms with Crippen LogP contribution in [0.1, 0.15) is 30.5 Å². The number of likely N-dealkylation sites (N-methyl/N-ethyl adjacent to an activating group) is 1. The molecule has 0 aromatic carbocycles. The van der Waals surface area contributed by atoms with Gasteiger partial charge in [0.2, 0.25) is 0 Å². The second-order valence-corrected chi connectivity index (χ2v) is 10.2. The monoisotopic (exact) mass is 486 g/mol. The van der Waals surface area contributed by atoms with Crippen molar-refractivity contribution in [1.82, 2.24) is 24.6 Å². The first-order valence-electron chi connectivity index (χ1n) is 13.1. The van der Waals surface area contributed by atoms with Crippen molar-refractivity contribution in [2.24, 2.45) is 0 Å². The molecule has 3 aliphatic heterocycles. The van der Waals surface area contributed by atoms with Gasteiger partial charge in [-0.3, -0.25) is 0 Å². The van der Waals surface area contributed by atoms with Gasteiger partial charge < -0.3 is 29.2 Å². The molecule has 3 aromatic rings. The molecule has 0 aliphatic carbocycles. The minimum absolute atomic E-state index is 0.150. The van der Waals surface area contributed by atoms with Crippen LogP contribution in [0.4, 0.5) is 11.6 Å². The minimum Gasteiger partial charge on any atom is -0.462 e. The van der Waals surface area contributed by atoms with Crippen LogP contribution in [0.15, 0.2) is 36.5 Å². The van der Waals surface area contributed by atoms with E-state index < -0.39 is 0 Å². The van der Waals surface area contributed by atoms with Crippen molar-refractivity contribution in [3.05, 3.63) is 47.8 Å². The molecule has 1 N–H and O–H groups in total. The largest absolute Gasteiger partial charge is 0.462 e. The summed E-state index contributed by atoms with van der Waals surface area (Å²) in [5.41, 5.74) is 3.45. The molecule has 0 bridgehead atoms. The van der Waals surface area contributed by atoms with Gasteiger partial charge in [-0.2, -0.15) is 15.2 Å². The average Bonchev–Trinajstić information content (AvgIpc) is 3.55. The molecule has 0 amide bonds. The van der Waals surface area contributed by atoms with E-state index in [0.29, 0.717) is 25.1 Å². The molecule has 0 saturated carbocycles. The summed E-state index contributed by atoms with van der Waals surface area (Å²) in [6.45, 7) is 5.83. The summed E-state index contributed by atoms with van der Waals surface area (Å²) < 4.78 is 8.49. The normalized spacial score (nSPS) is 22.6. The number of nitrogens with zero attached hydrogens (tertiary/aromatic N) is 7. The molecule has 1 unspecified atom stereocenters. The number of nitrogens with one attached hydrogen (secondary N) is 1. The van der Waals surface area contributed by atoms with Gasteiger partial charge in [-0.05, 0) is 57.1 Å². The molecule has 6 heterocycles. The van der Waals surface area contributed by atoms with Gasteiger partial charge in [0.1, 0.15) is 18.2 Å². The molecule has 0 spiro atoms. The highest BCUT2D eigenvalue weighted by molar-refractivity contribution is 5.59. The van der Waals surface area contributed by atoms with Crippen LogP contribution in [0.3, 0.4) is 0 Å². The first-order chi connectivity index (χ1) is 17.7. The third-order valence-electron chi connectivity index (χ3n) is 7.86. The number of hydrogen-bond donors (Lipinski definition) is 1. The number of piperazine rings is 1. The smallest absolute Gasteiger partial charge is 0.318 e. The first-order valence-corrected chi connectivity index (χ1v) is 13.1. The second kappa shape index (κ2) is 9.96. The van der Waals surface area contributed by atoms with E-state index in [1.807, 2.05) is 0 Å². The van der Waals surface area contributed by atoms with E-state index in [2.05, 4.69) is 74.1 Å². The first kappa shape index (κ1) is 23.1. The fraction of sp³-hybridized carbons (Fsp3) is 0.519. The lowest BCUT2D eigenvalue weighted by Crippen LogP contribution is -2.51. The summed E-state index contributed by atoms with van der Waals surface area (Å²) in [7, 11) is 2.16. The average molecular weight is 487 g/mol. The Labute approximate surface area is 212 Å². The van der Waals surface area contributed by atoms with Gasteiger partial charge in [0.05, 0.1) is 24.7 Å². The number of anilines is 2. The fourth-order valence-corrected chi connectivity index (χ4v) is 5.84. The van der Waals surface area contributed by atoms with E-state index in [1.54, 1.807) is 0 Å². The predicted octanol–water partition coefficient (Wildman–Crippen LogP) is 2.46. The number of rotatable bonds is 6. The Kier molecular flexibility index (Phi) is 6.38. The van der Waals surface area contributed by atoms with Gasteiger partial charge in [0, 0.05) is 55.5 Å². The zero-order chi connectivity index (χ0) is 24.5. The number of likely N-dealkylation sites (tertiary alicyclic amines) is 1. The zero-order valence-corrected chi connectivity index (χ0v) is 20.9. The zero-order valence-electron chi connectivity index (χ0n) is 20.9. The predicted molar refractivity (Wildman–Crippen MR) is 140 cm³/mol. The van der Waals surface area contributed by atoms with Crippen LogP contribution in [0.5, 0.6) is 6.01 Å². The number of aromatic nitrogens is 3. The van der Waals surface area contributed by atoms with Crippen LogP contribution in [-0.2, 0) is 13.0 Å². The van der Waals surface area contributed by atoms with Crippen LogP contribution in [0.2, 0.25) is 0 Å². The maximum absolute atomic E-state index is 9.24. The number of pyridine rings is 1. The van der Waals surface area contributed by atoms with Crippen molar-refractivity contribution >= 4 is 17.2 Å². The van der Waals surface area contributed by atoms with Crippen LogP contribution >= 0.6 is 0 Å². The van der Waals surface area contributed by atoms with Gasteiger partial charge in [0.25, 0.3) is 0 Å². The molecule has 0 radical (unpaired) electrons. The Morgan fingerprint density at radius 3 is 2.92 bits per heavy atom. The van der Waals surface area contributed by atoms with Crippen molar-refractivity contribution in [1.29, 1.82) is 5.26 Å². The molecule has 9 nitrogen and oxygen atoms in total. The SMILES string of the molecule is CN1CCCC1COc1nc2c(c(N3CCN[C@@H](CC#N)C3)n1)CCN(c1cccc3cccn13)C2. The Bertz CT molecular complexity index is 1270. The highest BCUT2D eigenvalue weighted by atomic mass is 16.5. The third kappa shape index (κ3) is 4.47. The molecule has 9 heteroatoms. The summed E-state index contributed by atoms with van der Waals surface area (Å²) in [4.78, 5) is 17.0. The lowest BCUT2D eigenvalue weighted by molar-refractivity contribution is 0.187. The maximum atomic E-state index is 9.24. The lowest BCUT2D eigenvalue weighted by atomic mass is 10.0. The molecule has 188 valence electrons. The molecular weight excluding hydrogens is 452 g/mol. The van der Waals surface area contributed by atoms with Crippen LogP contribution < -0.4 is 19.9 Å². The van der Waals surface area contributed by atoms with Crippen molar-refractivity contribution in [2.75, 3.05) is 56.2 Å². The summed E-state index contributed by atoms with van der Waals surface area (Å²) in [6.07, 6.45) is 5.85. The van der Waals surface area contributed by atoms with Crippen molar-refractivity contribution in [3.63, 3.8) is 0 Å². The lowest BCUT2D eigenvalue weighted by Gasteiger charge is -2.37. The maximum Gasteiger partial charge on any atom is 0.318 e. The topological polar surface area (TPSA) is 85.0 Å². The summed E-state index contributed by atoms with van der Waals surface area (Å²) in [5.74, 6) is 2.16. The molecular formula is C27H34N8O. The van der Waals surface area contributed by atoms with E-state index >= 15 is 0 Å². The molecule has 36 heavy (non-hydrogen) atoms. The van der Waals surface area contributed by atoms with E-state index in [0.717, 1.165) is 63.6 Å². The van der Waals surface area contributed by atoms with E-state index in [1.165, 1.54) is 23.3 Å². The van der Waals surface area contributed by atoms with Gasteiger partial charge in [-0.1, -0.05) is 6.07 Å². The van der Waals surface area contributed by atoms with Gasteiger partial charge in [0.15, 0.2) is 0 Å². The molecule has 2 atom stereocenters. The third-order valence-corrected chi connectivity index (χ3v) is 7.86. The van der Waals surface area contributed by atoms with Crippen LogP contribution in [0.25, 0.3) is 5.52 Å². The van der Waals surface area contributed by atoms with Crippen LogP contribution in [0, 0.1) is 11.3 Å². The Balaban J connectivity index is 1.31. The fourth-order valence-electron chi connectivity index (χ4n) is 5.84. The van der Waals surface area contributed by atoms with Crippen molar-refractivity contribution in [2.45, 2.75) is 44.3 Å². The molecule has 2 fully saturated rings. The molecule has 6 rings (SSSR count). The summed E-state index contributed by atoms with van der Waals surface area (Å²) >= 11 is 0. The molecule has 3 aliphatic rings. The van der Waals surface area contributed by atoms with E-state index in [-0.39, 0.29) is 6.04 Å². The minimum atomic E-state index is 0.150. The van der Waals surface area contributed by atoms with Gasteiger partial charge in [-0.15, -0.1) is 0 Å². The summed E-state index contributed by atoms with van der Waals surface area (Å²) in [5, 5.41) is 12.7. The molecule has 2 saturated heterocycles. The highest BCUT2D eigenvalue weighted by Crippen LogP contribution is 2.32. The molecule has 3 aromatic heterocycles. The number of hydrogen-bond acceptors (Lipinski definition) is 8. The van der Waals surface area contributed by atoms with E-state index in [9.17, 15) is 5.26 Å².